The Kier molecular flexibility index (Phi) is 15.8. The summed E-state index contributed by atoms with van der Waals surface area (Å²) in [6, 6.07) is 21.9. The second kappa shape index (κ2) is 23.2. The van der Waals surface area contributed by atoms with Gasteiger partial charge < -0.3 is 24.8 Å². The topological polar surface area (TPSA) is 214 Å². The summed E-state index contributed by atoms with van der Waals surface area (Å²) < 4.78 is 60.3. The monoisotopic (exact) mass is 1050 g/mol. The van der Waals surface area contributed by atoms with E-state index in [4.69, 9.17) is 19.5 Å². The second-order valence-electron chi connectivity index (χ2n) is 19.9. The Labute approximate surface area is 443 Å². The number of rotatable bonds is 13. The van der Waals surface area contributed by atoms with Gasteiger partial charge in [-0.1, -0.05) is 25.1 Å². The molecule has 22 heteroatoms. The van der Waals surface area contributed by atoms with E-state index in [-0.39, 0.29) is 30.6 Å². The van der Waals surface area contributed by atoms with Crippen LogP contribution in [0.5, 0.6) is 5.75 Å². The third-order valence-corrected chi connectivity index (χ3v) is 14.1. The molecule has 0 radical (unpaired) electrons. The SMILES string of the molecule is COc1ccc(CNC2N=C3N=C(C)C=C(C4(C)CC4)N3N2)cc1.Cc1cc(C2CCOCC2)n2nc(NCc3cc(C#N)ccc3F)nc2n1.Cc1cc(C2CCOCC2)n2nc(NCc3ccc(F)cc3F)nc2n1. The number of hydrogen-bond acceptors (Lipinski definition) is 17. The number of aryl methyl sites for hydroxylation is 2. The summed E-state index contributed by atoms with van der Waals surface area (Å²) in [7, 11) is 1.68. The molecule has 3 aromatic carbocycles. The summed E-state index contributed by atoms with van der Waals surface area (Å²) in [6.07, 6.45) is 8.20. The minimum absolute atomic E-state index is 0.161. The zero-order valence-electron chi connectivity index (χ0n) is 43.7. The van der Waals surface area contributed by atoms with Crippen LogP contribution in [0.2, 0.25) is 0 Å². The van der Waals surface area contributed by atoms with Crippen molar-refractivity contribution in [3.8, 4) is 11.8 Å². The molecular formula is C55H61F3N16O3. The van der Waals surface area contributed by atoms with Crippen molar-refractivity contribution in [2.24, 2.45) is 15.4 Å². The molecule has 4 aromatic heterocycles. The van der Waals surface area contributed by atoms with Gasteiger partial charge in [-0.2, -0.15) is 29.7 Å². The van der Waals surface area contributed by atoms with Crippen LogP contribution in [0.1, 0.15) is 109 Å². The summed E-state index contributed by atoms with van der Waals surface area (Å²) in [5.74, 6) is 2.51. The third kappa shape index (κ3) is 12.6. The molecule has 0 spiro atoms. The van der Waals surface area contributed by atoms with Crippen LogP contribution in [-0.2, 0) is 29.1 Å². The van der Waals surface area contributed by atoms with Crippen LogP contribution >= 0.6 is 0 Å². The number of hydrazine groups is 1. The number of aliphatic imine (C=N–C) groups is 2. The van der Waals surface area contributed by atoms with Gasteiger partial charge in [-0.25, -0.2) is 38.1 Å². The van der Waals surface area contributed by atoms with Crippen LogP contribution < -0.4 is 26.1 Å². The largest absolute Gasteiger partial charge is 0.497 e. The fraction of sp³-hybridized carbons (Fsp3) is 0.400. The van der Waals surface area contributed by atoms with Gasteiger partial charge in [0.15, 0.2) is 6.29 Å². The number of anilines is 2. The van der Waals surface area contributed by atoms with Crippen LogP contribution in [0, 0.1) is 48.0 Å². The summed E-state index contributed by atoms with van der Waals surface area (Å²) >= 11 is 0. The average molecular weight is 1050 g/mol. The molecule has 1 saturated carbocycles. The highest BCUT2D eigenvalue weighted by Gasteiger charge is 2.47. The standard InChI is InChI=1S/C19H19FN6O.C18H19F2N5O.C18H23N5O/c1-12-8-17(14-4-6-27-7-5-14)26-19(23-12)24-18(25-26)22-11-15-9-13(10-21)2-3-16(15)20;1-11-8-16(12-4-6-26-7-5-12)25-18(22-11)23-17(24-25)21-10-13-2-3-14(19)9-15(13)20;1-12-10-15(18(2)8-9-18)23-17(20-12)21-16(22-23)19-11-13-4-6-14(24-3)7-5-13/h2-3,8-9,14H,4-7,11H2,1H3,(H,22,25);2-3,8-9,12H,4-7,10H2,1H3,(H,21,24);4-7,10,16,19,22H,8-9,11H2,1-3H3. The van der Waals surface area contributed by atoms with Crippen LogP contribution in [0.4, 0.5) is 25.1 Å². The summed E-state index contributed by atoms with van der Waals surface area (Å²) in [5.41, 5.74) is 12.2. The highest BCUT2D eigenvalue weighted by atomic mass is 19.1. The van der Waals surface area contributed by atoms with E-state index in [0.717, 1.165) is 105 Å². The van der Waals surface area contributed by atoms with E-state index in [9.17, 15) is 13.2 Å². The molecule has 3 fully saturated rings. The number of fused-ring (bicyclic) bond motifs is 3. The highest BCUT2D eigenvalue weighted by Crippen LogP contribution is 2.53. The lowest BCUT2D eigenvalue weighted by atomic mass is 9.96. The molecule has 4 N–H and O–H groups in total. The zero-order valence-corrected chi connectivity index (χ0v) is 43.7. The van der Waals surface area contributed by atoms with Crippen molar-refractivity contribution in [3.05, 3.63) is 147 Å². The van der Waals surface area contributed by atoms with Crippen molar-refractivity contribution < 1.29 is 27.4 Å². The van der Waals surface area contributed by atoms with Crippen LogP contribution in [0.3, 0.4) is 0 Å². The molecule has 5 aliphatic rings. The predicted molar refractivity (Wildman–Crippen MR) is 283 cm³/mol. The number of hydrogen-bond donors (Lipinski definition) is 4. The van der Waals surface area contributed by atoms with Crippen molar-refractivity contribution >= 4 is 35.1 Å². The Hall–Kier alpha value is -7.84. The lowest BCUT2D eigenvalue weighted by molar-refractivity contribution is 0.0839. The quantitative estimate of drug-likeness (QED) is 0.0852. The van der Waals surface area contributed by atoms with Crippen molar-refractivity contribution in [1.82, 2.24) is 54.9 Å². The molecule has 1 unspecified atom stereocenters. The van der Waals surface area contributed by atoms with E-state index in [2.05, 4.69) is 86.6 Å². The number of allylic oxidation sites excluding steroid dienone is 2. The van der Waals surface area contributed by atoms with Gasteiger partial charge in [0.05, 0.1) is 30.1 Å². The number of nitrogens with zero attached hydrogens (tertiary/aromatic N) is 12. The fourth-order valence-electron chi connectivity index (χ4n) is 9.57. The highest BCUT2D eigenvalue weighted by molar-refractivity contribution is 6.06. The number of methoxy groups -OCH3 is 1. The molecule has 400 valence electrons. The van der Waals surface area contributed by atoms with Crippen molar-refractivity contribution in [1.29, 1.82) is 5.26 Å². The van der Waals surface area contributed by atoms with E-state index in [1.807, 2.05) is 56.1 Å². The van der Waals surface area contributed by atoms with Gasteiger partial charge in [-0.05, 0) is 119 Å². The van der Waals surface area contributed by atoms with Crippen LogP contribution in [0.25, 0.3) is 11.6 Å². The molecule has 7 aromatic rings. The van der Waals surface area contributed by atoms with E-state index < -0.39 is 11.6 Å². The second-order valence-corrected chi connectivity index (χ2v) is 19.9. The van der Waals surface area contributed by atoms with Gasteiger partial charge in [-0.3, -0.25) is 5.32 Å². The van der Waals surface area contributed by atoms with Crippen molar-refractivity contribution in [2.75, 3.05) is 44.2 Å². The maximum Gasteiger partial charge on any atom is 0.254 e. The van der Waals surface area contributed by atoms with Crippen molar-refractivity contribution in [3.63, 3.8) is 0 Å². The minimum Gasteiger partial charge on any atom is -0.497 e. The normalized spacial score (nSPS) is 18.0. The third-order valence-electron chi connectivity index (χ3n) is 14.1. The van der Waals surface area contributed by atoms with E-state index in [0.29, 0.717) is 52.0 Å². The van der Waals surface area contributed by atoms with E-state index in [1.165, 1.54) is 54.4 Å². The molecule has 0 bridgehead atoms. The van der Waals surface area contributed by atoms with Gasteiger partial charge in [0.2, 0.25) is 17.9 Å². The zero-order chi connectivity index (χ0) is 53.6. The number of aromatic nitrogens is 8. The van der Waals surface area contributed by atoms with Crippen LogP contribution in [0.15, 0.2) is 94.6 Å². The number of nitriles is 1. The molecule has 77 heavy (non-hydrogen) atoms. The van der Waals surface area contributed by atoms with E-state index >= 15 is 0 Å². The first-order valence-electron chi connectivity index (χ1n) is 25.8. The lowest BCUT2D eigenvalue weighted by Gasteiger charge is -2.29. The number of ether oxygens (including phenoxy) is 3. The Morgan fingerprint density at radius 1 is 0.727 bits per heavy atom. The van der Waals surface area contributed by atoms with Gasteiger partial charge in [0.25, 0.3) is 11.6 Å². The minimum atomic E-state index is -0.599. The Morgan fingerprint density at radius 3 is 1.88 bits per heavy atom. The average Bonchev–Trinajstić information content (AvgIpc) is 3.72. The molecule has 12 rings (SSSR count). The Bertz CT molecular complexity index is 3390. The molecule has 4 aliphatic heterocycles. The maximum atomic E-state index is 14.0. The molecule has 8 heterocycles. The smallest absolute Gasteiger partial charge is 0.254 e. The maximum absolute atomic E-state index is 14.0. The molecule has 2 saturated heterocycles. The van der Waals surface area contributed by atoms with Crippen molar-refractivity contribution in [2.45, 2.75) is 104 Å². The lowest BCUT2D eigenvalue weighted by Crippen LogP contribution is -2.47. The van der Waals surface area contributed by atoms with Gasteiger partial charge in [0, 0.05) is 103 Å². The molecular weight excluding hydrogens is 990 g/mol. The molecule has 1 atom stereocenters. The Morgan fingerprint density at radius 2 is 1.32 bits per heavy atom. The molecule has 1 aliphatic carbocycles. The summed E-state index contributed by atoms with van der Waals surface area (Å²) in [4.78, 5) is 26.9. The number of benzene rings is 3. The Balaban J connectivity index is 0.000000131. The predicted octanol–water partition coefficient (Wildman–Crippen LogP) is 8.57. The fourth-order valence-corrected chi connectivity index (χ4v) is 9.57. The summed E-state index contributed by atoms with van der Waals surface area (Å²) in [5, 5.41) is 29.5. The van der Waals surface area contributed by atoms with Gasteiger partial charge >= 0.3 is 0 Å². The van der Waals surface area contributed by atoms with Gasteiger partial charge in [-0.15, -0.1) is 10.2 Å². The summed E-state index contributed by atoms with van der Waals surface area (Å²) in [6.45, 7) is 12.2. The first kappa shape index (κ1) is 52.6. The first-order chi connectivity index (χ1) is 37.3. The van der Waals surface area contributed by atoms with E-state index in [1.54, 1.807) is 16.1 Å². The molecule has 0 amide bonds. The van der Waals surface area contributed by atoms with Gasteiger partial charge in [0.1, 0.15) is 23.2 Å². The first-order valence-corrected chi connectivity index (χ1v) is 25.8. The number of nitrogens with one attached hydrogen (secondary N) is 4. The molecule has 19 nitrogen and oxygen atoms in total. The number of guanidine groups is 1. The number of halogens is 3. The van der Waals surface area contributed by atoms with Crippen LogP contribution in [-0.4, -0.2) is 95.7 Å².